The molecule has 90 valence electrons. The third-order valence-electron chi connectivity index (χ3n) is 2.32. The molecule has 0 aliphatic carbocycles. The minimum Gasteiger partial charge on any atom is -0.494 e. The normalized spacial score (nSPS) is 11.3. The van der Waals surface area contributed by atoms with Crippen LogP contribution in [0.4, 0.5) is 5.69 Å². The van der Waals surface area contributed by atoms with E-state index in [1.54, 1.807) is 0 Å². The fourth-order valence-electron chi connectivity index (χ4n) is 1.45. The molecule has 16 heavy (non-hydrogen) atoms. The minimum absolute atomic E-state index is 0.297. The lowest BCUT2D eigenvalue weighted by molar-refractivity contribution is 0.340. The van der Waals surface area contributed by atoms with E-state index in [4.69, 9.17) is 4.74 Å². The van der Waals surface area contributed by atoms with E-state index in [9.17, 15) is 0 Å². The molecule has 0 bridgehead atoms. The van der Waals surface area contributed by atoms with Crippen molar-refractivity contribution in [1.29, 1.82) is 0 Å². The fourth-order valence-corrected chi connectivity index (χ4v) is 1.45. The van der Waals surface area contributed by atoms with Crippen LogP contribution >= 0.6 is 0 Å². The Labute approximate surface area is 99.0 Å². The molecule has 0 saturated heterocycles. The lowest BCUT2D eigenvalue weighted by atomic mass is 9.97. The van der Waals surface area contributed by atoms with Gasteiger partial charge >= 0.3 is 0 Å². The molecule has 0 heterocycles. The molecule has 0 saturated carbocycles. The van der Waals surface area contributed by atoms with Crippen molar-refractivity contribution in [2.45, 2.75) is 34.6 Å². The predicted molar refractivity (Wildman–Crippen MR) is 70.3 cm³/mol. The van der Waals surface area contributed by atoms with E-state index < -0.39 is 0 Å². The maximum absolute atomic E-state index is 5.46. The number of aryl methyl sites for hydroxylation is 1. The second kappa shape index (κ2) is 5.24. The third-order valence-corrected chi connectivity index (χ3v) is 2.32. The van der Waals surface area contributed by atoms with Crippen LogP contribution in [0.15, 0.2) is 18.2 Å². The Balaban J connectivity index is 2.68. The largest absolute Gasteiger partial charge is 0.494 e. The highest BCUT2D eigenvalue weighted by molar-refractivity contribution is 5.53. The van der Waals surface area contributed by atoms with Crippen LogP contribution in [0.1, 0.15) is 33.3 Å². The number of benzene rings is 1. The first kappa shape index (κ1) is 12.9. The first-order valence-electron chi connectivity index (χ1n) is 5.90. The Morgan fingerprint density at radius 1 is 1.25 bits per heavy atom. The van der Waals surface area contributed by atoms with E-state index in [1.165, 1.54) is 11.3 Å². The second-order valence-corrected chi connectivity index (χ2v) is 5.32. The highest BCUT2D eigenvalue weighted by atomic mass is 16.5. The van der Waals surface area contributed by atoms with Crippen molar-refractivity contribution in [3.8, 4) is 5.75 Å². The van der Waals surface area contributed by atoms with Gasteiger partial charge in [-0.05, 0) is 43.0 Å². The summed E-state index contributed by atoms with van der Waals surface area (Å²) in [6.45, 7) is 12.5. The van der Waals surface area contributed by atoms with Gasteiger partial charge in [-0.3, -0.25) is 0 Å². The highest BCUT2D eigenvalue weighted by Gasteiger charge is 2.10. The topological polar surface area (TPSA) is 21.3 Å². The molecule has 0 aromatic heterocycles. The van der Waals surface area contributed by atoms with Gasteiger partial charge in [-0.2, -0.15) is 0 Å². The highest BCUT2D eigenvalue weighted by Crippen LogP contribution is 2.23. The second-order valence-electron chi connectivity index (χ2n) is 5.32. The summed E-state index contributed by atoms with van der Waals surface area (Å²) in [7, 11) is 0. The lowest BCUT2D eigenvalue weighted by Gasteiger charge is -2.20. The van der Waals surface area contributed by atoms with Crippen molar-refractivity contribution in [3.63, 3.8) is 0 Å². The summed E-state index contributed by atoms with van der Waals surface area (Å²) in [6, 6.07) is 6.18. The molecule has 1 aromatic rings. The van der Waals surface area contributed by atoms with Crippen molar-refractivity contribution < 1.29 is 4.74 Å². The lowest BCUT2D eigenvalue weighted by Crippen LogP contribution is -2.19. The van der Waals surface area contributed by atoms with E-state index >= 15 is 0 Å². The van der Waals surface area contributed by atoms with Crippen molar-refractivity contribution in [1.82, 2.24) is 0 Å². The van der Waals surface area contributed by atoms with Crippen LogP contribution in [0.2, 0.25) is 0 Å². The van der Waals surface area contributed by atoms with Gasteiger partial charge in [0.2, 0.25) is 0 Å². The van der Waals surface area contributed by atoms with Crippen LogP contribution in [0.25, 0.3) is 0 Å². The third kappa shape index (κ3) is 4.13. The van der Waals surface area contributed by atoms with Crippen LogP contribution < -0.4 is 10.1 Å². The number of hydrogen-bond acceptors (Lipinski definition) is 2. The molecule has 0 unspecified atom stereocenters. The van der Waals surface area contributed by atoms with Gasteiger partial charge in [-0.15, -0.1) is 0 Å². The van der Waals surface area contributed by atoms with Crippen LogP contribution in [0.5, 0.6) is 5.75 Å². The summed E-state index contributed by atoms with van der Waals surface area (Å²) in [5.74, 6) is 0.946. The first-order valence-corrected chi connectivity index (χ1v) is 5.90. The summed E-state index contributed by atoms with van der Waals surface area (Å²) < 4.78 is 5.46. The smallest absolute Gasteiger partial charge is 0.119 e. The molecular weight excluding hydrogens is 198 g/mol. The van der Waals surface area contributed by atoms with Crippen LogP contribution in [0, 0.1) is 12.3 Å². The summed E-state index contributed by atoms with van der Waals surface area (Å²) in [4.78, 5) is 0. The molecule has 0 spiro atoms. The number of nitrogens with one attached hydrogen (secondary N) is 1. The Kier molecular flexibility index (Phi) is 4.22. The fraction of sp³-hybridized carbons (Fsp3) is 0.571. The summed E-state index contributed by atoms with van der Waals surface area (Å²) in [6.07, 6.45) is 0. The molecule has 0 aliphatic heterocycles. The van der Waals surface area contributed by atoms with Crippen molar-refractivity contribution in [2.24, 2.45) is 5.41 Å². The van der Waals surface area contributed by atoms with Gasteiger partial charge < -0.3 is 10.1 Å². The zero-order valence-electron chi connectivity index (χ0n) is 11.1. The van der Waals surface area contributed by atoms with Gasteiger partial charge in [-0.1, -0.05) is 20.8 Å². The zero-order valence-corrected chi connectivity index (χ0v) is 11.1. The van der Waals surface area contributed by atoms with Crippen LogP contribution in [0.3, 0.4) is 0 Å². The van der Waals surface area contributed by atoms with Gasteiger partial charge in [0.25, 0.3) is 0 Å². The maximum Gasteiger partial charge on any atom is 0.119 e. The maximum atomic E-state index is 5.46. The van der Waals surface area contributed by atoms with E-state index in [0.717, 1.165) is 12.3 Å². The number of ether oxygens (including phenoxy) is 1. The molecule has 1 aromatic carbocycles. The molecule has 2 nitrogen and oxygen atoms in total. The Morgan fingerprint density at radius 2 is 1.94 bits per heavy atom. The van der Waals surface area contributed by atoms with Crippen molar-refractivity contribution in [2.75, 3.05) is 18.5 Å². The molecule has 0 amide bonds. The van der Waals surface area contributed by atoms with E-state index in [0.29, 0.717) is 12.0 Å². The molecule has 1 N–H and O–H groups in total. The molecule has 0 atom stereocenters. The summed E-state index contributed by atoms with van der Waals surface area (Å²) in [5, 5.41) is 3.47. The Bertz CT molecular complexity index is 339. The van der Waals surface area contributed by atoms with Crippen molar-refractivity contribution in [3.05, 3.63) is 23.8 Å². The molecule has 0 fully saturated rings. The van der Waals surface area contributed by atoms with E-state index in [2.05, 4.69) is 45.1 Å². The Hall–Kier alpha value is -1.18. The monoisotopic (exact) mass is 221 g/mol. The number of hydrogen-bond donors (Lipinski definition) is 1. The average molecular weight is 221 g/mol. The minimum atomic E-state index is 0.297. The molecule has 0 radical (unpaired) electrons. The SMILES string of the molecule is CCOc1ccc(NCC(C)(C)C)c(C)c1. The Morgan fingerprint density at radius 3 is 2.44 bits per heavy atom. The van der Waals surface area contributed by atoms with Gasteiger partial charge in [-0.25, -0.2) is 0 Å². The van der Waals surface area contributed by atoms with E-state index in [1.807, 2.05) is 13.0 Å². The van der Waals surface area contributed by atoms with Crippen molar-refractivity contribution >= 4 is 5.69 Å². The quantitative estimate of drug-likeness (QED) is 0.833. The molecular formula is C14H23NO. The van der Waals surface area contributed by atoms with Gasteiger partial charge in [0.1, 0.15) is 5.75 Å². The molecule has 0 aliphatic rings. The molecule has 1 rings (SSSR count). The summed E-state index contributed by atoms with van der Waals surface area (Å²) in [5.41, 5.74) is 2.72. The average Bonchev–Trinajstić information content (AvgIpc) is 2.15. The van der Waals surface area contributed by atoms with Crippen LogP contribution in [-0.4, -0.2) is 13.2 Å². The summed E-state index contributed by atoms with van der Waals surface area (Å²) >= 11 is 0. The first-order chi connectivity index (χ1) is 7.42. The zero-order chi connectivity index (χ0) is 12.2. The number of rotatable bonds is 4. The predicted octanol–water partition coefficient (Wildman–Crippen LogP) is 3.85. The van der Waals surface area contributed by atoms with Gasteiger partial charge in [0.15, 0.2) is 0 Å². The van der Waals surface area contributed by atoms with Gasteiger partial charge in [0, 0.05) is 12.2 Å². The molecule has 2 heteroatoms. The van der Waals surface area contributed by atoms with E-state index in [-0.39, 0.29) is 0 Å². The van der Waals surface area contributed by atoms with Gasteiger partial charge in [0.05, 0.1) is 6.61 Å². The van der Waals surface area contributed by atoms with Crippen LogP contribution in [-0.2, 0) is 0 Å². The standard InChI is InChI=1S/C14H23NO/c1-6-16-12-7-8-13(11(2)9-12)15-10-14(3,4)5/h7-9,15H,6,10H2,1-5H3. The number of anilines is 1.